The molecule has 1 atom stereocenters. The van der Waals surface area contributed by atoms with E-state index < -0.39 is 12.8 Å². The van der Waals surface area contributed by atoms with Gasteiger partial charge in [0.2, 0.25) is 0 Å². The van der Waals surface area contributed by atoms with Crippen LogP contribution in [0.2, 0.25) is 0 Å². The molecule has 2 aromatic rings. The van der Waals surface area contributed by atoms with Gasteiger partial charge in [0, 0.05) is 17.5 Å². The van der Waals surface area contributed by atoms with Crippen LogP contribution in [0.15, 0.2) is 53.7 Å². The van der Waals surface area contributed by atoms with Crippen LogP contribution in [0.1, 0.15) is 17.2 Å². The molecule has 0 aliphatic heterocycles. The molecule has 18 heavy (non-hydrogen) atoms. The van der Waals surface area contributed by atoms with E-state index in [1.54, 1.807) is 18.3 Å². The molecule has 94 valence electrons. The minimum Gasteiger partial charge on any atom is -0.386 e. The number of nitrogens with zero attached hydrogens (tertiary/aromatic N) is 1. The van der Waals surface area contributed by atoms with Crippen LogP contribution in [0, 0.1) is 0 Å². The Hall–Kier alpha value is -1.39. The van der Waals surface area contributed by atoms with Crippen molar-refractivity contribution in [1.29, 1.82) is 0 Å². The van der Waals surface area contributed by atoms with Gasteiger partial charge in [-0.15, -0.1) is 11.8 Å². The average Bonchev–Trinajstić information content (AvgIpc) is 2.45. The van der Waals surface area contributed by atoms with Crippen LogP contribution >= 0.6 is 11.8 Å². The molecule has 0 saturated carbocycles. The Labute approximate surface area is 110 Å². The number of hydrogen-bond donors (Lipinski definition) is 1. The van der Waals surface area contributed by atoms with E-state index in [1.807, 2.05) is 30.3 Å². The van der Waals surface area contributed by atoms with Crippen LogP contribution in [-0.2, 0) is 5.75 Å². The van der Waals surface area contributed by atoms with Crippen LogP contribution in [0.3, 0.4) is 0 Å². The highest BCUT2D eigenvalue weighted by Crippen LogP contribution is 2.28. The molecule has 4 heteroatoms. The molecule has 0 fully saturated rings. The number of benzene rings is 1. The van der Waals surface area contributed by atoms with Crippen molar-refractivity contribution in [2.75, 3.05) is 6.67 Å². The second-order valence-corrected chi connectivity index (χ2v) is 4.81. The Morgan fingerprint density at radius 2 is 1.94 bits per heavy atom. The lowest BCUT2D eigenvalue weighted by atomic mass is 10.2. The third-order valence-electron chi connectivity index (χ3n) is 2.52. The molecular formula is C14H14FNOS. The van der Waals surface area contributed by atoms with Gasteiger partial charge in [0.1, 0.15) is 17.8 Å². The zero-order chi connectivity index (χ0) is 12.8. The van der Waals surface area contributed by atoms with E-state index in [0.717, 1.165) is 5.75 Å². The van der Waals surface area contributed by atoms with Gasteiger partial charge in [0.15, 0.2) is 0 Å². The molecule has 1 heterocycles. The lowest BCUT2D eigenvalue weighted by Crippen LogP contribution is -2.02. The average molecular weight is 263 g/mol. The molecule has 1 aromatic carbocycles. The molecule has 1 N–H and O–H groups in total. The van der Waals surface area contributed by atoms with Crippen LogP contribution in [-0.4, -0.2) is 16.8 Å². The number of thioether (sulfide) groups is 1. The minimum atomic E-state index is -1.09. The van der Waals surface area contributed by atoms with Gasteiger partial charge in [-0.2, -0.15) is 0 Å². The summed E-state index contributed by atoms with van der Waals surface area (Å²) in [6, 6.07) is 13.4. The van der Waals surface area contributed by atoms with Crippen molar-refractivity contribution >= 4 is 11.8 Å². The maximum absolute atomic E-state index is 12.5. The number of aromatic nitrogens is 1. The molecule has 0 aliphatic rings. The standard InChI is InChI=1S/C14H14FNOS/c15-9-13(17)12-7-4-8-16-14(12)18-10-11-5-2-1-3-6-11/h1-8,13,17H,9-10H2. The number of rotatable bonds is 5. The van der Waals surface area contributed by atoms with E-state index in [2.05, 4.69) is 4.98 Å². The smallest absolute Gasteiger partial charge is 0.120 e. The number of aliphatic hydroxyl groups is 1. The number of pyridine rings is 1. The fourth-order valence-electron chi connectivity index (χ4n) is 1.59. The Morgan fingerprint density at radius 3 is 2.67 bits per heavy atom. The van der Waals surface area contributed by atoms with Crippen molar-refractivity contribution in [3.05, 3.63) is 59.8 Å². The van der Waals surface area contributed by atoms with Crippen LogP contribution < -0.4 is 0 Å². The predicted molar refractivity (Wildman–Crippen MR) is 71.2 cm³/mol. The normalized spacial score (nSPS) is 12.3. The fourth-order valence-corrected chi connectivity index (χ4v) is 2.59. The monoisotopic (exact) mass is 263 g/mol. The molecule has 0 radical (unpaired) electrons. The third-order valence-corrected chi connectivity index (χ3v) is 3.62. The largest absolute Gasteiger partial charge is 0.386 e. The second-order valence-electron chi connectivity index (χ2n) is 3.84. The first-order valence-corrected chi connectivity index (χ1v) is 6.65. The van der Waals surface area contributed by atoms with Gasteiger partial charge in [0.05, 0.1) is 0 Å². The van der Waals surface area contributed by atoms with Crippen molar-refractivity contribution in [2.24, 2.45) is 0 Å². The van der Waals surface area contributed by atoms with E-state index in [1.165, 1.54) is 17.3 Å². The van der Waals surface area contributed by atoms with E-state index >= 15 is 0 Å². The van der Waals surface area contributed by atoms with E-state index in [-0.39, 0.29) is 0 Å². The van der Waals surface area contributed by atoms with Crippen molar-refractivity contribution in [3.63, 3.8) is 0 Å². The maximum atomic E-state index is 12.5. The van der Waals surface area contributed by atoms with Gasteiger partial charge in [-0.25, -0.2) is 9.37 Å². The van der Waals surface area contributed by atoms with Crippen molar-refractivity contribution in [3.8, 4) is 0 Å². The van der Waals surface area contributed by atoms with Gasteiger partial charge >= 0.3 is 0 Å². The number of hydrogen-bond acceptors (Lipinski definition) is 3. The SMILES string of the molecule is OC(CF)c1cccnc1SCc1ccccc1. The molecule has 1 aromatic heterocycles. The summed E-state index contributed by atoms with van der Waals surface area (Å²) < 4.78 is 12.5. The number of alkyl halides is 1. The molecule has 2 rings (SSSR count). The molecule has 0 amide bonds. The first-order chi connectivity index (χ1) is 8.81. The van der Waals surface area contributed by atoms with Gasteiger partial charge in [0.25, 0.3) is 0 Å². The summed E-state index contributed by atoms with van der Waals surface area (Å²) in [6.45, 7) is -0.787. The minimum absolute atomic E-state index is 0.556. The molecule has 0 saturated heterocycles. The molecule has 0 spiro atoms. The zero-order valence-electron chi connectivity index (χ0n) is 9.79. The Kier molecular flexibility index (Phi) is 4.73. The van der Waals surface area contributed by atoms with Gasteiger partial charge in [-0.1, -0.05) is 36.4 Å². The van der Waals surface area contributed by atoms with Crippen LogP contribution in [0.4, 0.5) is 4.39 Å². The lowest BCUT2D eigenvalue weighted by molar-refractivity contribution is 0.138. The Bertz CT molecular complexity index is 492. The highest BCUT2D eigenvalue weighted by atomic mass is 32.2. The summed E-state index contributed by atoms with van der Waals surface area (Å²) in [4.78, 5) is 4.20. The Balaban J connectivity index is 2.10. The first kappa shape index (κ1) is 13.1. The second kappa shape index (κ2) is 6.52. The van der Waals surface area contributed by atoms with Gasteiger partial charge in [-0.05, 0) is 11.6 Å². The van der Waals surface area contributed by atoms with E-state index in [4.69, 9.17) is 0 Å². The van der Waals surface area contributed by atoms with E-state index in [0.29, 0.717) is 10.6 Å². The third kappa shape index (κ3) is 3.31. The van der Waals surface area contributed by atoms with Crippen molar-refractivity contribution in [1.82, 2.24) is 4.98 Å². The summed E-state index contributed by atoms with van der Waals surface area (Å²) in [6.07, 6.45) is 0.568. The molecular weight excluding hydrogens is 249 g/mol. The van der Waals surface area contributed by atoms with Crippen LogP contribution in [0.5, 0.6) is 0 Å². The highest BCUT2D eigenvalue weighted by Gasteiger charge is 2.13. The molecule has 2 nitrogen and oxygen atoms in total. The number of halogens is 1. The summed E-state index contributed by atoms with van der Waals surface area (Å²) in [5.74, 6) is 0.754. The molecule has 0 bridgehead atoms. The van der Waals surface area contributed by atoms with Gasteiger partial charge < -0.3 is 5.11 Å². The fraction of sp³-hybridized carbons (Fsp3) is 0.214. The first-order valence-electron chi connectivity index (χ1n) is 5.67. The zero-order valence-corrected chi connectivity index (χ0v) is 10.6. The summed E-state index contributed by atoms with van der Waals surface area (Å²) in [5, 5.41) is 10.3. The Morgan fingerprint density at radius 1 is 1.17 bits per heavy atom. The molecule has 1 unspecified atom stereocenters. The quantitative estimate of drug-likeness (QED) is 0.839. The summed E-state index contributed by atoms with van der Waals surface area (Å²) >= 11 is 1.51. The summed E-state index contributed by atoms with van der Waals surface area (Å²) in [5.41, 5.74) is 1.73. The van der Waals surface area contributed by atoms with Crippen molar-refractivity contribution in [2.45, 2.75) is 16.9 Å². The van der Waals surface area contributed by atoms with E-state index in [9.17, 15) is 9.50 Å². The van der Waals surface area contributed by atoms with Crippen molar-refractivity contribution < 1.29 is 9.50 Å². The predicted octanol–water partition coefficient (Wildman–Crippen LogP) is 3.38. The summed E-state index contributed by atoms with van der Waals surface area (Å²) in [7, 11) is 0. The topological polar surface area (TPSA) is 33.1 Å². The van der Waals surface area contributed by atoms with Crippen LogP contribution in [0.25, 0.3) is 0 Å². The number of aliphatic hydroxyl groups excluding tert-OH is 1. The highest BCUT2D eigenvalue weighted by molar-refractivity contribution is 7.98. The van der Waals surface area contributed by atoms with Gasteiger partial charge in [-0.3, -0.25) is 0 Å². The maximum Gasteiger partial charge on any atom is 0.120 e. The lowest BCUT2D eigenvalue weighted by Gasteiger charge is -2.11. The molecule has 0 aliphatic carbocycles.